The quantitative estimate of drug-likeness (QED) is 0.861. The maximum atomic E-state index is 14.4. The van der Waals surface area contributed by atoms with Gasteiger partial charge in [0.25, 0.3) is 0 Å². The van der Waals surface area contributed by atoms with Gasteiger partial charge < -0.3 is 4.42 Å². The molecule has 1 saturated heterocycles. The van der Waals surface area contributed by atoms with Crippen molar-refractivity contribution < 1.29 is 8.81 Å². The Morgan fingerprint density at radius 2 is 2.22 bits per heavy atom. The molecule has 1 aliphatic rings. The van der Waals surface area contributed by atoms with Crippen molar-refractivity contribution in [3.8, 4) is 17.5 Å². The number of hydrogen-bond donors (Lipinski definition) is 0. The zero-order valence-corrected chi connectivity index (χ0v) is 13.2. The van der Waals surface area contributed by atoms with Crippen LogP contribution in [-0.4, -0.2) is 29.1 Å². The lowest BCUT2D eigenvalue weighted by Gasteiger charge is -2.41. The molecule has 1 fully saturated rings. The fourth-order valence-electron chi connectivity index (χ4n) is 3.01. The Morgan fingerprint density at radius 1 is 1.43 bits per heavy atom. The van der Waals surface area contributed by atoms with Crippen LogP contribution in [0.2, 0.25) is 0 Å². The smallest absolute Gasteiger partial charge is 0.225 e. The van der Waals surface area contributed by atoms with E-state index in [0.717, 1.165) is 30.6 Å². The molecule has 0 spiro atoms. The van der Waals surface area contributed by atoms with Crippen LogP contribution in [-0.2, 0) is 6.54 Å². The molecule has 1 unspecified atom stereocenters. The number of aromatic nitrogens is 1. The van der Waals surface area contributed by atoms with E-state index in [4.69, 9.17) is 9.68 Å². The first-order chi connectivity index (χ1) is 11.1. The van der Waals surface area contributed by atoms with Crippen molar-refractivity contribution in [2.45, 2.75) is 32.5 Å². The van der Waals surface area contributed by atoms with Crippen LogP contribution >= 0.6 is 0 Å². The molecule has 5 heteroatoms. The summed E-state index contributed by atoms with van der Waals surface area (Å²) in [4.78, 5) is 6.24. The predicted octanol–water partition coefficient (Wildman–Crippen LogP) is 3.81. The lowest BCUT2D eigenvalue weighted by molar-refractivity contribution is 0.0186. The highest BCUT2D eigenvalue weighted by atomic mass is 19.1. The van der Waals surface area contributed by atoms with Gasteiger partial charge in [0, 0.05) is 30.5 Å². The third-order valence-corrected chi connectivity index (χ3v) is 4.70. The van der Waals surface area contributed by atoms with Crippen molar-refractivity contribution in [2.75, 3.05) is 13.1 Å². The maximum absolute atomic E-state index is 14.4. The van der Waals surface area contributed by atoms with Gasteiger partial charge in [0.15, 0.2) is 0 Å². The molecule has 4 nitrogen and oxygen atoms in total. The van der Waals surface area contributed by atoms with E-state index in [1.54, 1.807) is 12.5 Å². The second-order valence-corrected chi connectivity index (χ2v) is 6.48. The molecule has 2 aromatic rings. The van der Waals surface area contributed by atoms with Crippen molar-refractivity contribution in [3.05, 3.63) is 42.3 Å². The van der Waals surface area contributed by atoms with Crippen molar-refractivity contribution in [1.82, 2.24) is 9.88 Å². The Kier molecular flexibility index (Phi) is 4.44. The van der Waals surface area contributed by atoms with E-state index in [9.17, 15) is 4.39 Å². The summed E-state index contributed by atoms with van der Waals surface area (Å²) in [6, 6.07) is 10.1. The minimum absolute atomic E-state index is 0.285. The fraction of sp³-hybridized carbons (Fsp3) is 0.444. The molecule has 0 aliphatic carbocycles. The molecule has 120 valence electrons. The van der Waals surface area contributed by atoms with Gasteiger partial charge >= 0.3 is 0 Å². The Bertz CT molecular complexity index is 677. The average Bonchev–Trinajstić information content (AvgIpc) is 3.07. The minimum atomic E-state index is -0.956. The molecule has 0 amide bonds. The molecular weight excluding hydrogens is 293 g/mol. The van der Waals surface area contributed by atoms with Crippen molar-refractivity contribution in [2.24, 2.45) is 5.41 Å². The summed E-state index contributed by atoms with van der Waals surface area (Å²) in [5.41, 5.74) is 1.57. The van der Waals surface area contributed by atoms with Gasteiger partial charge in [0.2, 0.25) is 5.89 Å². The van der Waals surface area contributed by atoms with E-state index < -0.39 is 11.6 Å². The monoisotopic (exact) mass is 313 g/mol. The van der Waals surface area contributed by atoms with E-state index in [0.29, 0.717) is 12.4 Å². The van der Waals surface area contributed by atoms with E-state index in [-0.39, 0.29) is 6.42 Å². The number of hydrogen-bond acceptors (Lipinski definition) is 4. The Morgan fingerprint density at radius 3 is 2.83 bits per heavy atom. The van der Waals surface area contributed by atoms with E-state index >= 15 is 0 Å². The van der Waals surface area contributed by atoms with Crippen LogP contribution in [0.5, 0.6) is 0 Å². The topological polar surface area (TPSA) is 53.1 Å². The van der Waals surface area contributed by atoms with Crippen LogP contribution in [0, 0.1) is 16.7 Å². The van der Waals surface area contributed by atoms with Gasteiger partial charge in [-0.1, -0.05) is 19.1 Å². The second kappa shape index (κ2) is 6.51. The van der Waals surface area contributed by atoms with Crippen LogP contribution in [0.25, 0.3) is 11.5 Å². The summed E-state index contributed by atoms with van der Waals surface area (Å²) in [7, 11) is 0. The third-order valence-electron chi connectivity index (χ3n) is 4.70. The number of likely N-dealkylation sites (tertiary alicyclic amines) is 1. The molecule has 0 radical (unpaired) electrons. The van der Waals surface area contributed by atoms with Crippen molar-refractivity contribution in [1.29, 1.82) is 5.26 Å². The predicted molar refractivity (Wildman–Crippen MR) is 85.1 cm³/mol. The number of piperidine rings is 1. The zero-order chi connectivity index (χ0) is 16.3. The summed E-state index contributed by atoms with van der Waals surface area (Å²) in [5, 5.41) is 8.86. The van der Waals surface area contributed by atoms with Gasteiger partial charge in [-0.3, -0.25) is 4.90 Å². The number of halogens is 1. The molecule has 3 rings (SSSR count). The van der Waals surface area contributed by atoms with E-state index in [1.807, 2.05) is 31.2 Å². The van der Waals surface area contributed by atoms with Gasteiger partial charge in [0.1, 0.15) is 12.4 Å². The average molecular weight is 313 g/mol. The number of nitriles is 1. The number of oxazole rings is 1. The fourth-order valence-corrected chi connectivity index (χ4v) is 3.01. The summed E-state index contributed by atoms with van der Waals surface area (Å²) >= 11 is 0. The largest absolute Gasteiger partial charge is 0.445 e. The molecule has 0 saturated carbocycles. The van der Waals surface area contributed by atoms with Gasteiger partial charge in [-0.25, -0.2) is 9.37 Å². The van der Waals surface area contributed by atoms with Crippen LogP contribution < -0.4 is 0 Å². The molecule has 23 heavy (non-hydrogen) atoms. The molecule has 2 heterocycles. The molecule has 2 atom stereocenters. The summed E-state index contributed by atoms with van der Waals surface area (Å²) in [5.74, 6) is 0.602. The second-order valence-electron chi connectivity index (χ2n) is 6.48. The van der Waals surface area contributed by atoms with E-state index in [1.165, 1.54) is 0 Å². The zero-order valence-electron chi connectivity index (χ0n) is 13.2. The number of rotatable bonds is 4. The number of alkyl halides is 1. The van der Waals surface area contributed by atoms with E-state index in [2.05, 4.69) is 16.0 Å². The van der Waals surface area contributed by atoms with Crippen LogP contribution in [0.15, 0.2) is 41.1 Å². The summed E-state index contributed by atoms with van der Waals surface area (Å²) in [6.07, 6.45) is 3.22. The Hall–Kier alpha value is -2.19. The molecule has 0 N–H and O–H groups in total. The highest BCUT2D eigenvalue weighted by Gasteiger charge is 2.39. The van der Waals surface area contributed by atoms with Gasteiger partial charge in [-0.2, -0.15) is 5.26 Å². The minimum Gasteiger partial charge on any atom is -0.445 e. The van der Waals surface area contributed by atoms with Crippen LogP contribution in [0.1, 0.15) is 25.3 Å². The Balaban J connectivity index is 1.61. The van der Waals surface area contributed by atoms with Crippen molar-refractivity contribution >= 4 is 0 Å². The van der Waals surface area contributed by atoms with Crippen LogP contribution in [0.3, 0.4) is 0 Å². The highest BCUT2D eigenvalue weighted by molar-refractivity contribution is 5.53. The van der Waals surface area contributed by atoms with Crippen LogP contribution in [0.4, 0.5) is 4.39 Å². The first-order valence-electron chi connectivity index (χ1n) is 7.83. The third kappa shape index (κ3) is 3.43. The maximum Gasteiger partial charge on any atom is 0.225 e. The SMILES string of the molecule is C[C@]1(CC#N)CCN(Cc2ccc(-c3ncco3)cc2)CC1F. The molecule has 1 aromatic heterocycles. The van der Waals surface area contributed by atoms with Gasteiger partial charge in [-0.05, 0) is 30.7 Å². The summed E-state index contributed by atoms with van der Waals surface area (Å²) < 4.78 is 19.7. The first-order valence-corrected chi connectivity index (χ1v) is 7.83. The standard InChI is InChI=1S/C18H20FN3O/c1-18(6-8-20)7-10-22(13-16(18)19)12-14-2-4-15(5-3-14)17-21-9-11-23-17/h2-5,9,11,16H,6-7,10,12-13H2,1H3/t16?,18-/m0/s1. The number of nitrogens with zero attached hydrogens (tertiary/aromatic N) is 3. The first kappa shape index (κ1) is 15.7. The van der Waals surface area contributed by atoms with Crippen molar-refractivity contribution in [3.63, 3.8) is 0 Å². The molecule has 1 aliphatic heterocycles. The summed E-state index contributed by atoms with van der Waals surface area (Å²) in [6.45, 7) is 3.80. The highest BCUT2D eigenvalue weighted by Crippen LogP contribution is 2.36. The number of benzene rings is 1. The lowest BCUT2D eigenvalue weighted by Crippen LogP contribution is -2.47. The normalized spacial score (nSPS) is 25.2. The molecule has 1 aromatic carbocycles. The lowest BCUT2D eigenvalue weighted by atomic mass is 9.76. The van der Waals surface area contributed by atoms with Gasteiger partial charge in [-0.15, -0.1) is 0 Å². The molecule has 0 bridgehead atoms. The molecular formula is C18H20FN3O. The van der Waals surface area contributed by atoms with Gasteiger partial charge in [0.05, 0.1) is 12.3 Å². The Labute approximate surface area is 135 Å².